The Kier molecular flexibility index (Phi) is 5.49. The van der Waals surface area contributed by atoms with Crippen LogP contribution < -0.4 is 11.2 Å². The molecule has 0 atom stereocenters. The van der Waals surface area contributed by atoms with Crippen molar-refractivity contribution >= 4 is 31.3 Å². The lowest BCUT2D eigenvalue weighted by Crippen LogP contribution is -2.36. The molecule has 0 radical (unpaired) electrons. The number of alkyl halides is 2. The fourth-order valence-electron chi connectivity index (χ4n) is 1.47. The van der Waals surface area contributed by atoms with E-state index >= 15 is 0 Å². The number of aromatic nitrogens is 2. The van der Waals surface area contributed by atoms with Crippen molar-refractivity contribution in [3.8, 4) is 0 Å². The van der Waals surface area contributed by atoms with E-state index in [0.717, 1.165) is 12.5 Å². The summed E-state index contributed by atoms with van der Waals surface area (Å²) in [5.74, 6) is 0. The third kappa shape index (κ3) is 4.33. The maximum atomic E-state index is 11.4. The largest absolute Gasteiger partial charge is 0.328 e. The zero-order chi connectivity index (χ0) is 12.9. The first-order valence-corrected chi connectivity index (χ1v) is 9.61. The topological polar surface area (TPSA) is 54.9 Å². The van der Waals surface area contributed by atoms with Crippen LogP contribution in [0, 0.1) is 0 Å². The lowest BCUT2D eigenvalue weighted by molar-refractivity contribution is 0.628. The summed E-state index contributed by atoms with van der Waals surface area (Å²) in [6.45, 7) is 2.74. The van der Waals surface area contributed by atoms with Crippen LogP contribution in [0.15, 0.2) is 21.9 Å². The first kappa shape index (κ1) is 14.5. The Bertz CT molecular complexity index is 468. The summed E-state index contributed by atoms with van der Waals surface area (Å²) < 4.78 is 1.50. The Labute approximate surface area is 111 Å². The van der Waals surface area contributed by atoms with E-state index < -0.39 is 8.07 Å². The number of halogens is 2. The zero-order valence-corrected chi connectivity index (χ0v) is 12.2. The number of hydrogen-bond acceptors (Lipinski definition) is 2. The molecule has 1 heterocycles. The SMILES string of the molecule is C[Si](CCl)(CCl)CCCn1ccc(=O)[nH]c1=O. The molecule has 7 heteroatoms. The van der Waals surface area contributed by atoms with Crippen molar-refractivity contribution in [3.63, 3.8) is 0 Å². The molecule has 0 saturated heterocycles. The van der Waals surface area contributed by atoms with Gasteiger partial charge < -0.3 is 4.57 Å². The third-order valence-electron chi connectivity index (χ3n) is 2.72. The fourth-order valence-corrected chi connectivity index (χ4v) is 4.48. The van der Waals surface area contributed by atoms with Gasteiger partial charge in [0.15, 0.2) is 0 Å². The summed E-state index contributed by atoms with van der Waals surface area (Å²) in [5, 5.41) is 0. The van der Waals surface area contributed by atoms with E-state index in [2.05, 4.69) is 11.5 Å². The van der Waals surface area contributed by atoms with Crippen molar-refractivity contribution in [1.29, 1.82) is 0 Å². The van der Waals surface area contributed by atoms with Gasteiger partial charge in [0.25, 0.3) is 5.56 Å². The quantitative estimate of drug-likeness (QED) is 0.639. The van der Waals surface area contributed by atoms with Crippen LogP contribution in [0.25, 0.3) is 0 Å². The molecule has 0 aliphatic heterocycles. The Morgan fingerprint density at radius 1 is 1.35 bits per heavy atom. The molecule has 0 fully saturated rings. The van der Waals surface area contributed by atoms with E-state index in [0.29, 0.717) is 17.6 Å². The highest BCUT2D eigenvalue weighted by molar-refractivity contribution is 6.88. The van der Waals surface area contributed by atoms with Gasteiger partial charge in [-0.3, -0.25) is 9.78 Å². The van der Waals surface area contributed by atoms with Crippen LogP contribution in [0.3, 0.4) is 0 Å². The van der Waals surface area contributed by atoms with Gasteiger partial charge in [-0.2, -0.15) is 0 Å². The first-order valence-electron chi connectivity index (χ1n) is 5.42. The van der Waals surface area contributed by atoms with Gasteiger partial charge in [-0.05, 0) is 6.42 Å². The van der Waals surface area contributed by atoms with Crippen LogP contribution in [0.1, 0.15) is 6.42 Å². The van der Waals surface area contributed by atoms with Crippen molar-refractivity contribution in [2.45, 2.75) is 25.6 Å². The molecule has 0 amide bonds. The predicted molar refractivity (Wildman–Crippen MR) is 73.8 cm³/mol. The molecule has 1 rings (SSSR count). The minimum absolute atomic E-state index is 0.363. The van der Waals surface area contributed by atoms with Crippen LogP contribution >= 0.6 is 23.2 Å². The molecule has 0 aromatic carbocycles. The molecular weight excluding hydrogens is 279 g/mol. The molecule has 0 bridgehead atoms. The minimum Gasteiger partial charge on any atom is -0.301 e. The van der Waals surface area contributed by atoms with Gasteiger partial charge in [-0.1, -0.05) is 12.6 Å². The minimum atomic E-state index is -1.54. The number of hydrogen-bond donors (Lipinski definition) is 1. The predicted octanol–water partition coefficient (Wildman–Crippen LogP) is 1.56. The molecule has 17 heavy (non-hydrogen) atoms. The van der Waals surface area contributed by atoms with Gasteiger partial charge in [0.2, 0.25) is 0 Å². The smallest absolute Gasteiger partial charge is 0.301 e. The molecule has 96 valence electrons. The Morgan fingerprint density at radius 2 is 2.00 bits per heavy atom. The average molecular weight is 295 g/mol. The summed E-state index contributed by atoms with van der Waals surface area (Å²) in [5.41, 5.74) is 0.540. The molecule has 1 aromatic rings. The monoisotopic (exact) mass is 294 g/mol. The van der Waals surface area contributed by atoms with Crippen molar-refractivity contribution in [2.24, 2.45) is 0 Å². The number of H-pyrrole nitrogens is 1. The second-order valence-corrected chi connectivity index (χ2v) is 10.7. The number of nitrogens with zero attached hydrogens (tertiary/aromatic N) is 1. The summed E-state index contributed by atoms with van der Waals surface area (Å²) >= 11 is 11.8. The Morgan fingerprint density at radius 3 is 2.53 bits per heavy atom. The highest BCUT2D eigenvalue weighted by Gasteiger charge is 2.24. The number of nitrogens with one attached hydrogen (secondary N) is 1. The van der Waals surface area contributed by atoms with E-state index in [1.807, 2.05) is 0 Å². The first-order chi connectivity index (χ1) is 8.00. The molecule has 0 unspecified atom stereocenters. The van der Waals surface area contributed by atoms with Gasteiger partial charge in [0.05, 0.1) is 8.07 Å². The van der Waals surface area contributed by atoms with Crippen LogP contribution in [-0.2, 0) is 6.54 Å². The summed E-state index contributed by atoms with van der Waals surface area (Å²) in [7, 11) is -1.54. The van der Waals surface area contributed by atoms with Crippen LogP contribution in [-0.4, -0.2) is 28.6 Å². The molecule has 1 aromatic heterocycles. The van der Waals surface area contributed by atoms with E-state index in [4.69, 9.17) is 23.2 Å². The van der Waals surface area contributed by atoms with Gasteiger partial charge in [-0.25, -0.2) is 4.79 Å². The van der Waals surface area contributed by atoms with E-state index in [9.17, 15) is 9.59 Å². The standard InChI is InChI=1S/C10H16Cl2N2O2Si/c1-17(7-11,8-12)6-2-4-14-5-3-9(15)13-10(14)16/h3,5H,2,4,6-8H2,1H3,(H,13,15,16). The Balaban J connectivity index is 2.57. The molecule has 0 saturated carbocycles. The van der Waals surface area contributed by atoms with Crippen molar-refractivity contribution in [3.05, 3.63) is 33.1 Å². The van der Waals surface area contributed by atoms with E-state index in [-0.39, 0.29) is 11.2 Å². The molecule has 1 N–H and O–H groups in total. The average Bonchev–Trinajstić information content (AvgIpc) is 2.32. The summed E-state index contributed by atoms with van der Waals surface area (Å²) in [6, 6.07) is 2.33. The maximum absolute atomic E-state index is 11.4. The third-order valence-corrected chi connectivity index (χ3v) is 9.44. The fraction of sp³-hybridized carbons (Fsp3) is 0.600. The molecule has 4 nitrogen and oxygen atoms in total. The Hall–Kier alpha value is -0.523. The number of aryl methyl sites for hydroxylation is 1. The van der Waals surface area contributed by atoms with E-state index in [1.54, 1.807) is 0 Å². The van der Waals surface area contributed by atoms with Gasteiger partial charge in [-0.15, -0.1) is 23.2 Å². The summed E-state index contributed by atoms with van der Waals surface area (Å²) in [6.07, 6.45) is 2.37. The van der Waals surface area contributed by atoms with Crippen LogP contribution in [0.5, 0.6) is 0 Å². The second kappa shape index (κ2) is 6.42. The van der Waals surface area contributed by atoms with Crippen molar-refractivity contribution < 1.29 is 0 Å². The van der Waals surface area contributed by atoms with Crippen molar-refractivity contribution in [1.82, 2.24) is 9.55 Å². The second-order valence-electron chi connectivity index (χ2n) is 4.49. The highest BCUT2D eigenvalue weighted by Crippen LogP contribution is 2.16. The molecule has 0 spiro atoms. The van der Waals surface area contributed by atoms with Crippen molar-refractivity contribution in [2.75, 3.05) is 11.0 Å². The molecule has 0 aliphatic carbocycles. The summed E-state index contributed by atoms with van der Waals surface area (Å²) in [4.78, 5) is 24.5. The van der Waals surface area contributed by atoms with Crippen LogP contribution in [0.2, 0.25) is 12.6 Å². The maximum Gasteiger partial charge on any atom is 0.328 e. The molecular formula is C10H16Cl2N2O2Si. The molecule has 0 aliphatic rings. The zero-order valence-electron chi connectivity index (χ0n) is 9.71. The lowest BCUT2D eigenvalue weighted by Gasteiger charge is -2.21. The van der Waals surface area contributed by atoms with Gasteiger partial charge >= 0.3 is 5.69 Å². The van der Waals surface area contributed by atoms with Gasteiger partial charge in [0.1, 0.15) is 0 Å². The highest BCUT2D eigenvalue weighted by atomic mass is 35.5. The van der Waals surface area contributed by atoms with Crippen LogP contribution in [0.4, 0.5) is 0 Å². The number of rotatable bonds is 6. The normalized spacial score (nSPS) is 11.7. The lowest BCUT2D eigenvalue weighted by atomic mass is 10.4. The number of aromatic amines is 1. The van der Waals surface area contributed by atoms with Gasteiger partial charge in [0, 0.05) is 29.8 Å². The van der Waals surface area contributed by atoms with E-state index in [1.165, 1.54) is 16.8 Å².